The van der Waals surface area contributed by atoms with Gasteiger partial charge in [0.05, 0.1) is 0 Å². The molecule has 0 radical (unpaired) electrons. The summed E-state index contributed by atoms with van der Waals surface area (Å²) in [5, 5.41) is 10.2. The molecule has 3 N–H and O–H groups in total. The summed E-state index contributed by atoms with van der Waals surface area (Å²) in [5.74, 6) is 0.802. The highest BCUT2D eigenvalue weighted by Gasteiger charge is 2.24. The van der Waals surface area contributed by atoms with Crippen molar-refractivity contribution in [1.29, 1.82) is 0 Å². The number of aromatic hydroxyl groups is 1. The molecule has 1 aliphatic heterocycles. The fourth-order valence-corrected chi connectivity index (χ4v) is 2.49. The molecular formula is C14H21NO2. The van der Waals surface area contributed by atoms with Crippen LogP contribution in [0.15, 0.2) is 18.2 Å². The van der Waals surface area contributed by atoms with Crippen LogP contribution in [0.2, 0.25) is 0 Å². The van der Waals surface area contributed by atoms with Crippen molar-refractivity contribution in [2.45, 2.75) is 32.2 Å². The first kappa shape index (κ1) is 12.4. The van der Waals surface area contributed by atoms with E-state index in [1.165, 1.54) is 0 Å². The third kappa shape index (κ3) is 2.61. The summed E-state index contributed by atoms with van der Waals surface area (Å²) in [6, 6.07) is 5.79. The Morgan fingerprint density at radius 1 is 1.41 bits per heavy atom. The third-order valence-electron chi connectivity index (χ3n) is 3.66. The molecule has 3 nitrogen and oxygen atoms in total. The van der Waals surface area contributed by atoms with Gasteiger partial charge in [-0.1, -0.05) is 25.1 Å². The number of phenolic OH excluding ortho intramolecular Hbond substituents is 1. The minimum atomic E-state index is -0.0783. The number of hydrogen-bond acceptors (Lipinski definition) is 3. The first-order valence-corrected chi connectivity index (χ1v) is 6.38. The molecule has 94 valence electrons. The molecule has 1 saturated heterocycles. The second-order valence-corrected chi connectivity index (χ2v) is 4.68. The van der Waals surface area contributed by atoms with Gasteiger partial charge in [0.2, 0.25) is 0 Å². The largest absolute Gasteiger partial charge is 0.507 e. The summed E-state index contributed by atoms with van der Waals surface area (Å²) in [5.41, 5.74) is 8.14. The van der Waals surface area contributed by atoms with Gasteiger partial charge in [0.25, 0.3) is 0 Å². The molecule has 1 heterocycles. The molecule has 1 aromatic rings. The number of aryl methyl sites for hydroxylation is 1. The zero-order valence-corrected chi connectivity index (χ0v) is 10.4. The molecule has 0 amide bonds. The fraction of sp³-hybridized carbons (Fsp3) is 0.571. The summed E-state index contributed by atoms with van der Waals surface area (Å²) in [4.78, 5) is 0. The second kappa shape index (κ2) is 5.52. The van der Waals surface area contributed by atoms with Gasteiger partial charge in [-0.05, 0) is 30.7 Å². The van der Waals surface area contributed by atoms with Crippen molar-refractivity contribution in [3.05, 3.63) is 29.3 Å². The fourth-order valence-electron chi connectivity index (χ4n) is 2.49. The van der Waals surface area contributed by atoms with Crippen molar-refractivity contribution in [1.82, 2.24) is 0 Å². The zero-order chi connectivity index (χ0) is 12.3. The maximum absolute atomic E-state index is 10.2. The van der Waals surface area contributed by atoms with Crippen molar-refractivity contribution in [3.8, 4) is 5.75 Å². The van der Waals surface area contributed by atoms with Crippen LogP contribution in [-0.4, -0.2) is 18.3 Å². The minimum absolute atomic E-state index is 0.0783. The van der Waals surface area contributed by atoms with Crippen LogP contribution in [-0.2, 0) is 11.2 Å². The highest BCUT2D eigenvalue weighted by molar-refractivity contribution is 5.42. The predicted molar refractivity (Wildman–Crippen MR) is 68.0 cm³/mol. The first-order chi connectivity index (χ1) is 8.24. The number of nitrogens with two attached hydrogens (primary N) is 1. The molecule has 1 atom stereocenters. The summed E-state index contributed by atoms with van der Waals surface area (Å²) in [6.45, 7) is 3.61. The maximum Gasteiger partial charge on any atom is 0.123 e. The molecule has 2 rings (SSSR count). The lowest BCUT2D eigenvalue weighted by atomic mass is 9.86. The van der Waals surface area contributed by atoms with Gasteiger partial charge in [-0.15, -0.1) is 0 Å². The lowest BCUT2D eigenvalue weighted by molar-refractivity contribution is 0.0581. The molecule has 3 heteroatoms. The molecule has 1 aromatic carbocycles. The Bertz CT molecular complexity index is 372. The van der Waals surface area contributed by atoms with E-state index >= 15 is 0 Å². The van der Waals surface area contributed by atoms with Crippen LogP contribution in [0.5, 0.6) is 5.75 Å². The quantitative estimate of drug-likeness (QED) is 0.845. The van der Waals surface area contributed by atoms with Gasteiger partial charge in [0.15, 0.2) is 0 Å². The molecule has 0 bridgehead atoms. The van der Waals surface area contributed by atoms with Crippen LogP contribution in [0.3, 0.4) is 0 Å². The molecule has 0 spiro atoms. The van der Waals surface area contributed by atoms with E-state index in [4.69, 9.17) is 10.5 Å². The van der Waals surface area contributed by atoms with Gasteiger partial charge in [0, 0.05) is 24.8 Å². The number of rotatable bonds is 3. The van der Waals surface area contributed by atoms with Gasteiger partial charge < -0.3 is 15.6 Å². The molecule has 0 aliphatic carbocycles. The van der Waals surface area contributed by atoms with E-state index in [1.807, 2.05) is 25.1 Å². The van der Waals surface area contributed by atoms with Gasteiger partial charge >= 0.3 is 0 Å². The van der Waals surface area contributed by atoms with Crippen molar-refractivity contribution in [2.24, 2.45) is 11.7 Å². The molecule has 17 heavy (non-hydrogen) atoms. The SMILES string of the molecule is CCc1cccc([C@@H](N)C2CCOCC2)c1O. The van der Waals surface area contributed by atoms with E-state index in [2.05, 4.69) is 0 Å². The van der Waals surface area contributed by atoms with E-state index in [-0.39, 0.29) is 6.04 Å². The van der Waals surface area contributed by atoms with E-state index in [9.17, 15) is 5.11 Å². The van der Waals surface area contributed by atoms with Crippen molar-refractivity contribution in [3.63, 3.8) is 0 Å². The Hall–Kier alpha value is -1.06. The Balaban J connectivity index is 2.20. The highest BCUT2D eigenvalue weighted by Crippen LogP contribution is 2.34. The Morgan fingerprint density at radius 2 is 2.12 bits per heavy atom. The number of para-hydroxylation sites is 1. The molecule has 1 aliphatic rings. The summed E-state index contributed by atoms with van der Waals surface area (Å²) < 4.78 is 5.34. The number of hydrogen-bond donors (Lipinski definition) is 2. The predicted octanol–water partition coefficient (Wildman–Crippen LogP) is 2.38. The summed E-state index contributed by atoms with van der Waals surface area (Å²) in [6.07, 6.45) is 2.80. The Morgan fingerprint density at radius 3 is 2.76 bits per heavy atom. The average molecular weight is 235 g/mol. The van der Waals surface area contributed by atoms with Crippen molar-refractivity contribution < 1.29 is 9.84 Å². The van der Waals surface area contributed by atoms with E-state index in [0.717, 1.165) is 43.6 Å². The summed E-state index contributed by atoms with van der Waals surface area (Å²) >= 11 is 0. The number of phenols is 1. The third-order valence-corrected chi connectivity index (χ3v) is 3.66. The van der Waals surface area contributed by atoms with Crippen LogP contribution in [0.1, 0.15) is 36.9 Å². The standard InChI is InChI=1S/C14H21NO2/c1-2-10-4-3-5-12(14(10)16)13(15)11-6-8-17-9-7-11/h3-5,11,13,16H,2,6-9,15H2,1H3/t13-/m0/s1. The summed E-state index contributed by atoms with van der Waals surface area (Å²) in [7, 11) is 0. The monoisotopic (exact) mass is 235 g/mol. The first-order valence-electron chi connectivity index (χ1n) is 6.38. The topological polar surface area (TPSA) is 55.5 Å². The lowest BCUT2D eigenvalue weighted by Gasteiger charge is -2.28. The molecule has 0 unspecified atom stereocenters. The van der Waals surface area contributed by atoms with Gasteiger partial charge in [-0.2, -0.15) is 0 Å². The minimum Gasteiger partial charge on any atom is -0.507 e. The Kier molecular flexibility index (Phi) is 4.02. The molecular weight excluding hydrogens is 214 g/mol. The molecule has 0 saturated carbocycles. The lowest BCUT2D eigenvalue weighted by Crippen LogP contribution is -2.27. The van der Waals surface area contributed by atoms with Gasteiger partial charge in [0.1, 0.15) is 5.75 Å². The molecule has 1 fully saturated rings. The normalized spacial score (nSPS) is 19.2. The number of benzene rings is 1. The Labute approximate surface area is 103 Å². The number of ether oxygens (including phenoxy) is 1. The van der Waals surface area contributed by atoms with Crippen LogP contribution < -0.4 is 5.73 Å². The molecule has 0 aromatic heterocycles. The van der Waals surface area contributed by atoms with Crippen LogP contribution in [0.25, 0.3) is 0 Å². The van der Waals surface area contributed by atoms with E-state index < -0.39 is 0 Å². The maximum atomic E-state index is 10.2. The average Bonchev–Trinajstić information content (AvgIpc) is 2.39. The van der Waals surface area contributed by atoms with Crippen LogP contribution in [0, 0.1) is 5.92 Å². The smallest absolute Gasteiger partial charge is 0.123 e. The highest BCUT2D eigenvalue weighted by atomic mass is 16.5. The van der Waals surface area contributed by atoms with Crippen LogP contribution >= 0.6 is 0 Å². The van der Waals surface area contributed by atoms with Crippen LogP contribution in [0.4, 0.5) is 0 Å². The zero-order valence-electron chi connectivity index (χ0n) is 10.4. The van der Waals surface area contributed by atoms with Gasteiger partial charge in [-0.25, -0.2) is 0 Å². The van der Waals surface area contributed by atoms with Crippen molar-refractivity contribution >= 4 is 0 Å². The van der Waals surface area contributed by atoms with E-state index in [0.29, 0.717) is 11.7 Å². The van der Waals surface area contributed by atoms with E-state index in [1.54, 1.807) is 0 Å². The van der Waals surface area contributed by atoms with Crippen molar-refractivity contribution in [2.75, 3.05) is 13.2 Å². The second-order valence-electron chi connectivity index (χ2n) is 4.68. The van der Waals surface area contributed by atoms with Gasteiger partial charge in [-0.3, -0.25) is 0 Å².